The number of nitrogens with one attached hydrogen (secondary N) is 2. The Labute approximate surface area is 149 Å². The van der Waals surface area contributed by atoms with Crippen LogP contribution in [0.3, 0.4) is 0 Å². The molecule has 0 aliphatic rings. The Bertz CT molecular complexity index is 622. The van der Waals surface area contributed by atoms with Crippen LogP contribution in [-0.2, 0) is 9.53 Å². The van der Waals surface area contributed by atoms with Crippen LogP contribution in [0.15, 0.2) is 24.3 Å². The Morgan fingerprint density at radius 1 is 1.08 bits per heavy atom. The Morgan fingerprint density at radius 2 is 1.72 bits per heavy atom. The van der Waals surface area contributed by atoms with Crippen molar-refractivity contribution in [2.45, 2.75) is 39.2 Å². The van der Waals surface area contributed by atoms with Crippen LogP contribution in [0.2, 0.25) is 0 Å². The van der Waals surface area contributed by atoms with E-state index >= 15 is 0 Å². The molecule has 6 nitrogen and oxygen atoms in total. The Kier molecular flexibility index (Phi) is 8.34. The zero-order valence-electron chi connectivity index (χ0n) is 15.3. The highest BCUT2D eigenvalue weighted by Crippen LogP contribution is 2.10. The van der Waals surface area contributed by atoms with Crippen LogP contribution in [0.25, 0.3) is 0 Å². The van der Waals surface area contributed by atoms with Crippen molar-refractivity contribution in [3.63, 3.8) is 0 Å². The second-order valence-corrected chi connectivity index (χ2v) is 6.31. The van der Waals surface area contributed by atoms with E-state index in [1.54, 1.807) is 27.9 Å². The van der Waals surface area contributed by atoms with Crippen molar-refractivity contribution in [2.24, 2.45) is 0 Å². The first-order valence-electron chi connectivity index (χ1n) is 8.16. The Hall–Kier alpha value is -2.68. The number of alkyl carbamates (subject to hydrolysis) is 1. The third-order valence-electron chi connectivity index (χ3n) is 2.92. The summed E-state index contributed by atoms with van der Waals surface area (Å²) in [4.78, 5) is 23.1. The van der Waals surface area contributed by atoms with E-state index in [-0.39, 0.29) is 5.91 Å². The zero-order valence-corrected chi connectivity index (χ0v) is 15.3. The molecular formula is C19H26N2O4. The van der Waals surface area contributed by atoms with Gasteiger partial charge in [0.1, 0.15) is 11.4 Å². The fourth-order valence-electron chi connectivity index (χ4n) is 1.78. The third kappa shape index (κ3) is 9.92. The number of benzene rings is 1. The van der Waals surface area contributed by atoms with E-state index < -0.39 is 11.7 Å². The largest absolute Gasteiger partial charge is 0.497 e. The highest BCUT2D eigenvalue weighted by Gasteiger charge is 2.15. The number of hydrogen-bond acceptors (Lipinski definition) is 4. The summed E-state index contributed by atoms with van der Waals surface area (Å²) in [7, 11) is 1.61. The van der Waals surface area contributed by atoms with E-state index in [0.29, 0.717) is 25.9 Å². The van der Waals surface area contributed by atoms with Gasteiger partial charge in [-0.1, -0.05) is 11.8 Å². The van der Waals surface area contributed by atoms with Gasteiger partial charge in [-0.15, -0.1) is 0 Å². The van der Waals surface area contributed by atoms with Crippen LogP contribution < -0.4 is 15.4 Å². The standard InChI is InChI=1S/C19H26N2O4/c1-19(2,3)25-18(23)21-14-13-20-17(22)8-6-5-7-15-9-11-16(24-4)12-10-15/h9-12H,6,8,13-14H2,1-4H3,(H,20,22)(H,21,23). The molecule has 0 atom stereocenters. The van der Waals surface area contributed by atoms with Crippen LogP contribution in [0.4, 0.5) is 4.79 Å². The lowest BCUT2D eigenvalue weighted by molar-refractivity contribution is -0.120. The van der Waals surface area contributed by atoms with Crippen LogP contribution in [0, 0.1) is 11.8 Å². The van der Waals surface area contributed by atoms with Gasteiger partial charge in [0.05, 0.1) is 7.11 Å². The van der Waals surface area contributed by atoms with Gasteiger partial charge in [0.15, 0.2) is 0 Å². The molecule has 0 bridgehead atoms. The van der Waals surface area contributed by atoms with Gasteiger partial charge < -0.3 is 20.1 Å². The molecule has 0 saturated carbocycles. The number of carbonyl (C=O) groups is 2. The quantitative estimate of drug-likeness (QED) is 0.613. The summed E-state index contributed by atoms with van der Waals surface area (Å²) in [5, 5.41) is 5.30. The first-order valence-corrected chi connectivity index (χ1v) is 8.16. The van der Waals surface area contributed by atoms with Gasteiger partial charge in [-0.05, 0) is 45.0 Å². The van der Waals surface area contributed by atoms with Crippen LogP contribution in [-0.4, -0.2) is 37.8 Å². The van der Waals surface area contributed by atoms with E-state index in [1.807, 2.05) is 24.3 Å². The third-order valence-corrected chi connectivity index (χ3v) is 2.92. The summed E-state index contributed by atoms with van der Waals surface area (Å²) in [6.07, 6.45) is 0.291. The van der Waals surface area contributed by atoms with Gasteiger partial charge >= 0.3 is 6.09 Å². The monoisotopic (exact) mass is 346 g/mol. The number of amides is 2. The summed E-state index contributed by atoms with van der Waals surface area (Å²) in [5.41, 5.74) is 0.346. The molecule has 0 aliphatic heterocycles. The smallest absolute Gasteiger partial charge is 0.407 e. The second-order valence-electron chi connectivity index (χ2n) is 6.31. The molecule has 2 N–H and O–H groups in total. The van der Waals surface area contributed by atoms with Gasteiger partial charge in [0.25, 0.3) is 0 Å². The van der Waals surface area contributed by atoms with Crippen molar-refractivity contribution in [3.8, 4) is 17.6 Å². The second kappa shape index (κ2) is 10.2. The summed E-state index contributed by atoms with van der Waals surface area (Å²) in [5.74, 6) is 6.64. The highest BCUT2D eigenvalue weighted by atomic mass is 16.6. The lowest BCUT2D eigenvalue weighted by atomic mass is 10.2. The normalized spacial score (nSPS) is 10.2. The molecule has 0 saturated heterocycles. The minimum absolute atomic E-state index is 0.102. The molecule has 0 unspecified atom stereocenters. The summed E-state index contributed by atoms with van der Waals surface area (Å²) in [6, 6.07) is 7.42. The molecule has 0 fully saturated rings. The van der Waals surface area contributed by atoms with Gasteiger partial charge in [-0.2, -0.15) is 0 Å². The fraction of sp³-hybridized carbons (Fsp3) is 0.474. The maximum atomic E-state index is 11.7. The van der Waals surface area contributed by atoms with Crippen LogP contribution >= 0.6 is 0 Å². The van der Waals surface area contributed by atoms with Crippen molar-refractivity contribution in [3.05, 3.63) is 29.8 Å². The molecular weight excluding hydrogens is 320 g/mol. The van der Waals surface area contributed by atoms with E-state index in [4.69, 9.17) is 9.47 Å². The zero-order chi connectivity index (χ0) is 18.7. The topological polar surface area (TPSA) is 76.7 Å². The average Bonchev–Trinajstić information content (AvgIpc) is 2.54. The molecule has 0 aliphatic carbocycles. The van der Waals surface area contributed by atoms with Gasteiger partial charge in [-0.25, -0.2) is 4.79 Å². The maximum absolute atomic E-state index is 11.7. The molecule has 25 heavy (non-hydrogen) atoms. The van der Waals surface area contributed by atoms with E-state index in [2.05, 4.69) is 22.5 Å². The molecule has 0 spiro atoms. The van der Waals surface area contributed by atoms with Crippen LogP contribution in [0.5, 0.6) is 5.75 Å². The molecule has 1 aromatic carbocycles. The van der Waals surface area contributed by atoms with E-state index in [0.717, 1.165) is 11.3 Å². The molecule has 0 aromatic heterocycles. The molecule has 0 heterocycles. The van der Waals surface area contributed by atoms with E-state index in [1.165, 1.54) is 0 Å². The van der Waals surface area contributed by atoms with Gasteiger partial charge in [-0.3, -0.25) is 4.79 Å². The number of ether oxygens (including phenoxy) is 2. The van der Waals surface area contributed by atoms with Crippen molar-refractivity contribution in [2.75, 3.05) is 20.2 Å². The summed E-state index contributed by atoms with van der Waals surface area (Å²) >= 11 is 0. The Morgan fingerprint density at radius 3 is 2.32 bits per heavy atom. The number of rotatable bonds is 6. The first-order chi connectivity index (χ1) is 11.8. The molecule has 0 radical (unpaired) electrons. The molecule has 2 amide bonds. The lowest BCUT2D eigenvalue weighted by Crippen LogP contribution is -2.37. The van der Waals surface area contributed by atoms with Gasteiger partial charge in [0.2, 0.25) is 5.91 Å². The first kappa shape index (κ1) is 20.4. The number of carbonyl (C=O) groups excluding carboxylic acids is 2. The predicted octanol–water partition coefficient (Wildman–Crippen LogP) is 2.47. The average molecular weight is 346 g/mol. The predicted molar refractivity (Wildman–Crippen MR) is 96.4 cm³/mol. The van der Waals surface area contributed by atoms with Crippen molar-refractivity contribution < 1.29 is 19.1 Å². The summed E-state index contributed by atoms with van der Waals surface area (Å²) < 4.78 is 10.2. The lowest BCUT2D eigenvalue weighted by Gasteiger charge is -2.19. The molecule has 1 aromatic rings. The molecule has 1 rings (SSSR count). The minimum atomic E-state index is -0.532. The number of hydrogen-bond donors (Lipinski definition) is 2. The molecule has 6 heteroatoms. The Balaban J connectivity index is 2.17. The van der Waals surface area contributed by atoms with Crippen molar-refractivity contribution in [1.29, 1.82) is 0 Å². The van der Waals surface area contributed by atoms with Crippen molar-refractivity contribution >= 4 is 12.0 Å². The number of methoxy groups -OCH3 is 1. The molecule has 136 valence electrons. The van der Waals surface area contributed by atoms with Crippen molar-refractivity contribution in [1.82, 2.24) is 10.6 Å². The minimum Gasteiger partial charge on any atom is -0.497 e. The summed E-state index contributed by atoms with van der Waals surface area (Å²) in [6.45, 7) is 6.05. The van der Waals surface area contributed by atoms with E-state index in [9.17, 15) is 9.59 Å². The maximum Gasteiger partial charge on any atom is 0.407 e. The highest BCUT2D eigenvalue weighted by molar-refractivity contribution is 5.76. The van der Waals surface area contributed by atoms with Gasteiger partial charge in [0, 0.05) is 31.5 Å². The fourth-order valence-corrected chi connectivity index (χ4v) is 1.78. The van der Waals surface area contributed by atoms with Crippen LogP contribution in [0.1, 0.15) is 39.2 Å². The SMILES string of the molecule is COc1ccc(C#CCCC(=O)NCCNC(=O)OC(C)(C)C)cc1.